The van der Waals surface area contributed by atoms with E-state index < -0.39 is 0 Å². The van der Waals surface area contributed by atoms with Crippen LogP contribution in [0.25, 0.3) is 0 Å². The lowest BCUT2D eigenvalue weighted by Crippen LogP contribution is -2.06. The molecule has 0 radical (unpaired) electrons. The van der Waals surface area contributed by atoms with E-state index in [0.29, 0.717) is 26.2 Å². The van der Waals surface area contributed by atoms with Crippen molar-refractivity contribution >= 4 is 28.9 Å². The maximum Gasteiger partial charge on any atom is 0.122 e. The molecule has 66 valence electrons. The molecule has 0 N–H and O–H groups in total. The SMILES string of the molecule is O=CCCOCCOCCI. The Bertz CT molecular complexity index is 87.8. The van der Waals surface area contributed by atoms with Gasteiger partial charge in [0, 0.05) is 10.8 Å². The molecular formula is C7H13IO3. The van der Waals surface area contributed by atoms with Crippen molar-refractivity contribution in [2.75, 3.05) is 30.9 Å². The van der Waals surface area contributed by atoms with Crippen LogP contribution in [0.2, 0.25) is 0 Å². The van der Waals surface area contributed by atoms with Crippen LogP contribution in [0.4, 0.5) is 0 Å². The van der Waals surface area contributed by atoms with E-state index in [2.05, 4.69) is 22.6 Å². The van der Waals surface area contributed by atoms with E-state index in [1.54, 1.807) is 0 Å². The molecule has 3 nitrogen and oxygen atoms in total. The number of carbonyl (C=O) groups excluding carboxylic acids is 1. The highest BCUT2D eigenvalue weighted by Gasteiger charge is 1.87. The Balaban J connectivity index is 2.74. The molecule has 0 aliphatic rings. The summed E-state index contributed by atoms with van der Waals surface area (Å²) in [7, 11) is 0. The van der Waals surface area contributed by atoms with E-state index in [4.69, 9.17) is 9.47 Å². The number of rotatable bonds is 8. The maximum atomic E-state index is 9.83. The van der Waals surface area contributed by atoms with Gasteiger partial charge >= 0.3 is 0 Å². The number of halogens is 1. The van der Waals surface area contributed by atoms with Crippen LogP contribution in [0, 0.1) is 0 Å². The summed E-state index contributed by atoms with van der Waals surface area (Å²) < 4.78 is 11.2. The molecule has 0 rings (SSSR count). The van der Waals surface area contributed by atoms with Crippen molar-refractivity contribution in [1.29, 1.82) is 0 Å². The molecule has 0 bridgehead atoms. The number of alkyl halides is 1. The van der Waals surface area contributed by atoms with Gasteiger partial charge < -0.3 is 14.3 Å². The highest BCUT2D eigenvalue weighted by atomic mass is 127. The van der Waals surface area contributed by atoms with E-state index in [1.165, 1.54) is 0 Å². The Labute approximate surface area is 80.6 Å². The third-order valence-electron chi connectivity index (χ3n) is 0.974. The number of hydrogen-bond acceptors (Lipinski definition) is 3. The lowest BCUT2D eigenvalue weighted by molar-refractivity contribution is -0.108. The first kappa shape index (κ1) is 11.3. The van der Waals surface area contributed by atoms with E-state index in [0.717, 1.165) is 17.3 Å². The van der Waals surface area contributed by atoms with Crippen molar-refractivity contribution in [1.82, 2.24) is 0 Å². The van der Waals surface area contributed by atoms with Gasteiger partial charge in [-0.3, -0.25) is 0 Å². The summed E-state index contributed by atoms with van der Waals surface area (Å²) in [6.45, 7) is 2.50. The monoisotopic (exact) mass is 272 g/mol. The lowest BCUT2D eigenvalue weighted by Gasteiger charge is -2.01. The van der Waals surface area contributed by atoms with Crippen molar-refractivity contribution in [3.8, 4) is 0 Å². The first-order valence-corrected chi connectivity index (χ1v) is 5.09. The molecular weight excluding hydrogens is 259 g/mol. The van der Waals surface area contributed by atoms with E-state index in [9.17, 15) is 4.79 Å². The van der Waals surface area contributed by atoms with Crippen LogP contribution in [0.5, 0.6) is 0 Å². The first-order chi connectivity index (χ1) is 5.41. The fourth-order valence-corrected chi connectivity index (χ4v) is 0.819. The molecule has 0 atom stereocenters. The minimum absolute atomic E-state index is 0.478. The molecule has 0 heterocycles. The zero-order valence-corrected chi connectivity index (χ0v) is 8.58. The molecule has 0 saturated carbocycles. The van der Waals surface area contributed by atoms with Gasteiger partial charge in [-0.1, -0.05) is 22.6 Å². The second-order valence-corrected chi connectivity index (χ2v) is 2.95. The van der Waals surface area contributed by atoms with Gasteiger partial charge in [-0.15, -0.1) is 0 Å². The summed E-state index contributed by atoms with van der Waals surface area (Å²) in [5.41, 5.74) is 0. The van der Waals surface area contributed by atoms with Crippen LogP contribution in [-0.4, -0.2) is 37.1 Å². The minimum Gasteiger partial charge on any atom is -0.379 e. The molecule has 0 aromatic heterocycles. The molecule has 0 aliphatic carbocycles. The second-order valence-electron chi connectivity index (χ2n) is 1.87. The van der Waals surface area contributed by atoms with E-state index in [1.807, 2.05) is 0 Å². The van der Waals surface area contributed by atoms with Crippen LogP contribution in [0.1, 0.15) is 6.42 Å². The van der Waals surface area contributed by atoms with Crippen LogP contribution in [0.3, 0.4) is 0 Å². The average Bonchev–Trinajstić information content (AvgIpc) is 2.03. The largest absolute Gasteiger partial charge is 0.379 e. The Hall–Kier alpha value is 0.320. The second kappa shape index (κ2) is 10.3. The zero-order valence-electron chi connectivity index (χ0n) is 6.42. The molecule has 0 amide bonds. The Kier molecular flexibility index (Phi) is 10.6. The summed E-state index contributed by atoms with van der Waals surface area (Å²) in [5, 5.41) is 0. The molecule has 4 heteroatoms. The standard InChI is InChI=1S/C7H13IO3/c8-2-5-11-7-6-10-4-1-3-9/h3H,1-2,4-7H2. The van der Waals surface area contributed by atoms with Gasteiger partial charge in [0.2, 0.25) is 0 Å². The lowest BCUT2D eigenvalue weighted by atomic mass is 10.5. The van der Waals surface area contributed by atoms with Crippen molar-refractivity contribution < 1.29 is 14.3 Å². The van der Waals surface area contributed by atoms with Gasteiger partial charge in [0.05, 0.1) is 26.4 Å². The van der Waals surface area contributed by atoms with Crippen molar-refractivity contribution in [3.05, 3.63) is 0 Å². The van der Waals surface area contributed by atoms with Gasteiger partial charge in [-0.2, -0.15) is 0 Å². The predicted molar refractivity (Wildman–Crippen MR) is 51.2 cm³/mol. The van der Waals surface area contributed by atoms with Crippen molar-refractivity contribution in [2.24, 2.45) is 0 Å². The van der Waals surface area contributed by atoms with Gasteiger partial charge in [-0.25, -0.2) is 0 Å². The summed E-state index contributed by atoms with van der Waals surface area (Å²) in [5.74, 6) is 0. The first-order valence-electron chi connectivity index (χ1n) is 3.57. The van der Waals surface area contributed by atoms with E-state index in [-0.39, 0.29) is 0 Å². The number of carbonyl (C=O) groups is 1. The van der Waals surface area contributed by atoms with Crippen molar-refractivity contribution in [2.45, 2.75) is 6.42 Å². The highest BCUT2D eigenvalue weighted by molar-refractivity contribution is 14.1. The molecule has 0 fully saturated rings. The Morgan fingerprint density at radius 1 is 1.09 bits per heavy atom. The Morgan fingerprint density at radius 2 is 1.73 bits per heavy atom. The highest BCUT2D eigenvalue weighted by Crippen LogP contribution is 1.84. The molecule has 0 aromatic carbocycles. The summed E-state index contributed by atoms with van der Waals surface area (Å²) in [6.07, 6.45) is 1.33. The third-order valence-corrected chi connectivity index (χ3v) is 1.41. The number of ether oxygens (including phenoxy) is 2. The third kappa shape index (κ3) is 10.3. The summed E-state index contributed by atoms with van der Waals surface area (Å²) in [4.78, 5) is 9.83. The normalized spacial score (nSPS) is 9.91. The molecule has 11 heavy (non-hydrogen) atoms. The average molecular weight is 272 g/mol. The molecule has 0 unspecified atom stereocenters. The van der Waals surface area contributed by atoms with Crippen LogP contribution in [0.15, 0.2) is 0 Å². The quantitative estimate of drug-likeness (QED) is 0.287. The van der Waals surface area contributed by atoms with Crippen LogP contribution in [-0.2, 0) is 14.3 Å². The fourth-order valence-electron chi connectivity index (χ4n) is 0.508. The zero-order chi connectivity index (χ0) is 8.36. The van der Waals surface area contributed by atoms with Gasteiger partial charge in [0.1, 0.15) is 6.29 Å². The van der Waals surface area contributed by atoms with Gasteiger partial charge in [-0.05, 0) is 0 Å². The summed E-state index contributed by atoms with van der Waals surface area (Å²) >= 11 is 2.25. The maximum absolute atomic E-state index is 9.83. The topological polar surface area (TPSA) is 35.5 Å². The molecule has 0 spiro atoms. The Morgan fingerprint density at radius 3 is 2.27 bits per heavy atom. The number of aldehydes is 1. The smallest absolute Gasteiger partial charge is 0.122 e. The van der Waals surface area contributed by atoms with Crippen LogP contribution < -0.4 is 0 Å². The van der Waals surface area contributed by atoms with E-state index >= 15 is 0 Å². The molecule has 0 aromatic rings. The predicted octanol–water partition coefficient (Wildman–Crippen LogP) is 1.04. The van der Waals surface area contributed by atoms with Crippen LogP contribution >= 0.6 is 22.6 Å². The fraction of sp³-hybridized carbons (Fsp3) is 0.857. The number of hydrogen-bond donors (Lipinski definition) is 0. The summed E-state index contributed by atoms with van der Waals surface area (Å²) in [6, 6.07) is 0. The molecule has 0 aliphatic heterocycles. The van der Waals surface area contributed by atoms with Gasteiger partial charge in [0.15, 0.2) is 0 Å². The molecule has 0 saturated heterocycles. The minimum atomic E-state index is 0.478. The van der Waals surface area contributed by atoms with Gasteiger partial charge in [0.25, 0.3) is 0 Å². The van der Waals surface area contributed by atoms with Crippen molar-refractivity contribution in [3.63, 3.8) is 0 Å².